The second-order valence-corrected chi connectivity index (χ2v) is 9.86. The quantitative estimate of drug-likeness (QED) is 0.520. The molecule has 1 atom stereocenters. The molecule has 0 unspecified atom stereocenters. The van der Waals surface area contributed by atoms with Gasteiger partial charge in [0.1, 0.15) is 15.2 Å². The van der Waals surface area contributed by atoms with Gasteiger partial charge in [0.05, 0.1) is 6.54 Å². The Labute approximate surface area is 181 Å². The van der Waals surface area contributed by atoms with Crippen molar-refractivity contribution in [2.24, 2.45) is 0 Å². The zero-order chi connectivity index (χ0) is 22.2. The highest BCUT2D eigenvalue weighted by molar-refractivity contribution is 9.10. The average Bonchev–Trinajstić information content (AvgIpc) is 3.00. The molecule has 0 spiro atoms. The number of anilines is 1. The summed E-state index contributed by atoms with van der Waals surface area (Å²) in [5, 5.41) is -0.256. The lowest BCUT2D eigenvalue weighted by molar-refractivity contribution is 0.212. The van der Waals surface area contributed by atoms with Crippen molar-refractivity contribution in [1.29, 1.82) is 4.78 Å². The number of aromatic nitrogens is 4. The van der Waals surface area contributed by atoms with Crippen LogP contribution < -0.4 is 11.4 Å². The van der Waals surface area contributed by atoms with E-state index < -0.39 is 21.4 Å². The van der Waals surface area contributed by atoms with Gasteiger partial charge in [-0.1, -0.05) is 35.0 Å². The number of hydrogen-bond donors (Lipinski definition) is 2. The smallest absolute Gasteiger partial charge is 0.339 e. The second-order valence-electron chi connectivity index (χ2n) is 6.65. The van der Waals surface area contributed by atoms with E-state index >= 15 is 0 Å². The van der Waals surface area contributed by atoms with Crippen LogP contribution in [0.15, 0.2) is 38.7 Å². The zero-order valence-corrected chi connectivity index (χ0v) is 19.2. The minimum Gasteiger partial charge on any atom is -0.382 e. The van der Waals surface area contributed by atoms with Crippen molar-refractivity contribution in [3.8, 4) is 0 Å². The highest BCUT2D eigenvalue weighted by atomic mass is 79.9. The topological polar surface area (TPSA) is 140 Å². The SMILES string of the molecule is CCN(C)C(=O)n1c(=O)n(Cc2ccc(Br)cc2)c2nc([S@@](=N)(=O)CC)nc(N)c21. The third kappa shape index (κ3) is 3.84. The second kappa shape index (κ2) is 8.19. The van der Waals surface area contributed by atoms with E-state index in [0.717, 1.165) is 14.6 Å². The molecule has 1 amide bonds. The van der Waals surface area contributed by atoms with Crippen molar-refractivity contribution < 1.29 is 9.00 Å². The summed E-state index contributed by atoms with van der Waals surface area (Å²) in [7, 11) is -1.72. The highest BCUT2D eigenvalue weighted by Crippen LogP contribution is 2.22. The molecule has 3 aromatic rings. The Morgan fingerprint density at radius 2 is 1.90 bits per heavy atom. The molecular weight excluding hydrogens is 474 g/mol. The van der Waals surface area contributed by atoms with Crippen molar-refractivity contribution in [2.45, 2.75) is 25.5 Å². The molecule has 0 saturated carbocycles. The summed E-state index contributed by atoms with van der Waals surface area (Å²) in [5.74, 6) is -0.180. The molecule has 0 aliphatic heterocycles. The summed E-state index contributed by atoms with van der Waals surface area (Å²) in [6.45, 7) is 3.84. The zero-order valence-electron chi connectivity index (χ0n) is 16.8. The van der Waals surface area contributed by atoms with Crippen molar-refractivity contribution in [3.63, 3.8) is 0 Å². The number of nitrogens with zero attached hydrogens (tertiary/aromatic N) is 5. The van der Waals surface area contributed by atoms with Gasteiger partial charge in [-0.3, -0.25) is 4.57 Å². The molecule has 12 heteroatoms. The molecule has 0 fully saturated rings. The number of carbonyl (C=O) groups is 1. The van der Waals surface area contributed by atoms with Crippen LogP contribution in [0.5, 0.6) is 0 Å². The lowest BCUT2D eigenvalue weighted by Gasteiger charge is -2.14. The standard InChI is InChI=1S/C18H22BrN7O3S/c1-4-24(3)17(27)26-13-14(20)22-16(30(21,29)5-2)23-15(13)25(18(26)28)10-11-6-8-12(19)9-7-11/h6-9,21H,4-5,10H2,1-3H3,(H2,20,22,23)/t30-/m0/s1. The Kier molecular flexibility index (Phi) is 5.99. The maximum absolute atomic E-state index is 13.2. The predicted molar refractivity (Wildman–Crippen MR) is 118 cm³/mol. The van der Waals surface area contributed by atoms with Gasteiger partial charge in [0, 0.05) is 23.8 Å². The number of rotatable bonds is 5. The largest absolute Gasteiger partial charge is 0.382 e. The summed E-state index contributed by atoms with van der Waals surface area (Å²) >= 11 is 3.37. The highest BCUT2D eigenvalue weighted by Gasteiger charge is 2.26. The molecule has 2 heterocycles. The van der Waals surface area contributed by atoms with E-state index in [-0.39, 0.29) is 34.4 Å². The number of amides is 1. The summed E-state index contributed by atoms with van der Waals surface area (Å²) in [6.07, 6.45) is 0. The van der Waals surface area contributed by atoms with Crippen LogP contribution in [0.25, 0.3) is 11.2 Å². The van der Waals surface area contributed by atoms with Crippen molar-refractivity contribution in [1.82, 2.24) is 24.0 Å². The molecule has 3 rings (SSSR count). The fourth-order valence-electron chi connectivity index (χ4n) is 2.82. The number of nitrogens with two attached hydrogens (primary N) is 1. The first-order chi connectivity index (χ1) is 14.1. The number of nitrogen functional groups attached to an aromatic ring is 1. The number of carbonyl (C=O) groups excluding carboxylic acids is 1. The molecule has 10 nitrogen and oxygen atoms in total. The molecule has 0 saturated heterocycles. The molecule has 2 aromatic heterocycles. The van der Waals surface area contributed by atoms with Crippen LogP contribution in [-0.4, -0.2) is 53.6 Å². The van der Waals surface area contributed by atoms with Gasteiger partial charge < -0.3 is 10.6 Å². The number of hydrogen-bond acceptors (Lipinski definition) is 7. The maximum Gasteiger partial charge on any atom is 0.339 e. The van der Waals surface area contributed by atoms with Crippen molar-refractivity contribution >= 4 is 48.7 Å². The molecule has 3 N–H and O–H groups in total. The van der Waals surface area contributed by atoms with E-state index in [9.17, 15) is 13.8 Å². The molecule has 0 bridgehead atoms. The van der Waals surface area contributed by atoms with Crippen LogP contribution in [-0.2, 0) is 16.3 Å². The summed E-state index contributed by atoms with van der Waals surface area (Å²) in [5.41, 5.74) is 6.33. The third-order valence-electron chi connectivity index (χ3n) is 4.72. The fourth-order valence-corrected chi connectivity index (χ4v) is 3.83. The van der Waals surface area contributed by atoms with Gasteiger partial charge in [-0.05, 0) is 24.6 Å². The Bertz CT molecular complexity index is 1280. The number of nitrogens with one attached hydrogen (secondary N) is 1. The van der Waals surface area contributed by atoms with E-state index in [1.165, 1.54) is 9.47 Å². The number of halogens is 1. The van der Waals surface area contributed by atoms with Crippen LogP contribution in [0.1, 0.15) is 19.4 Å². The summed E-state index contributed by atoms with van der Waals surface area (Å²) in [6, 6.07) is 6.73. The van der Waals surface area contributed by atoms with Gasteiger partial charge in [0.2, 0.25) is 5.16 Å². The van der Waals surface area contributed by atoms with Crippen molar-refractivity contribution in [2.75, 3.05) is 25.1 Å². The Hall–Kier alpha value is -2.73. The molecule has 0 aliphatic rings. The molecule has 0 radical (unpaired) electrons. The first-order valence-electron chi connectivity index (χ1n) is 9.15. The van der Waals surface area contributed by atoms with Gasteiger partial charge in [-0.25, -0.2) is 28.1 Å². The minimum absolute atomic E-state index is 0.00684. The van der Waals surface area contributed by atoms with Crippen molar-refractivity contribution in [3.05, 3.63) is 44.8 Å². The first-order valence-corrected chi connectivity index (χ1v) is 11.7. The first kappa shape index (κ1) is 22.0. The minimum atomic E-state index is -3.28. The molecule has 0 aliphatic carbocycles. The van der Waals surface area contributed by atoms with E-state index in [0.29, 0.717) is 6.54 Å². The number of fused-ring (bicyclic) bond motifs is 1. The maximum atomic E-state index is 13.2. The van der Waals surface area contributed by atoms with Gasteiger partial charge in [-0.15, -0.1) is 0 Å². The fraction of sp³-hybridized carbons (Fsp3) is 0.333. The van der Waals surface area contributed by atoms with Crippen LogP contribution in [0.4, 0.5) is 10.6 Å². The number of benzene rings is 1. The van der Waals surface area contributed by atoms with Gasteiger partial charge in [0.15, 0.2) is 11.5 Å². The lowest BCUT2D eigenvalue weighted by Crippen LogP contribution is -2.38. The lowest BCUT2D eigenvalue weighted by atomic mass is 10.2. The Balaban J connectivity index is 2.34. The van der Waals surface area contributed by atoms with Gasteiger partial charge >= 0.3 is 11.7 Å². The normalized spacial score (nSPS) is 13.3. The summed E-state index contributed by atoms with van der Waals surface area (Å²) in [4.78, 5) is 35.7. The van der Waals surface area contributed by atoms with E-state index in [2.05, 4.69) is 25.9 Å². The summed E-state index contributed by atoms with van der Waals surface area (Å²) < 4.78 is 23.7. The van der Waals surface area contributed by atoms with Crippen LogP contribution in [0.3, 0.4) is 0 Å². The van der Waals surface area contributed by atoms with E-state index in [4.69, 9.17) is 10.5 Å². The van der Waals surface area contributed by atoms with Gasteiger partial charge in [-0.2, -0.15) is 4.98 Å². The van der Waals surface area contributed by atoms with Crippen LogP contribution >= 0.6 is 15.9 Å². The predicted octanol–water partition coefficient (Wildman–Crippen LogP) is 2.33. The molecule has 160 valence electrons. The molecular formula is C18H22BrN7O3S. The average molecular weight is 496 g/mol. The monoisotopic (exact) mass is 495 g/mol. The Morgan fingerprint density at radius 3 is 2.47 bits per heavy atom. The third-order valence-corrected chi connectivity index (χ3v) is 6.84. The van der Waals surface area contributed by atoms with Gasteiger partial charge in [0.25, 0.3) is 0 Å². The van der Waals surface area contributed by atoms with E-state index in [1.807, 2.05) is 24.3 Å². The van der Waals surface area contributed by atoms with Crippen LogP contribution in [0, 0.1) is 4.78 Å². The van der Waals surface area contributed by atoms with Crippen LogP contribution in [0.2, 0.25) is 0 Å². The Morgan fingerprint density at radius 1 is 1.27 bits per heavy atom. The number of imidazole rings is 1. The van der Waals surface area contributed by atoms with E-state index in [1.54, 1.807) is 20.9 Å². The molecule has 30 heavy (non-hydrogen) atoms. The molecule has 1 aromatic carbocycles.